The number of nitrogen functional groups attached to an aromatic ring is 1. The van der Waals surface area contributed by atoms with Gasteiger partial charge in [0.05, 0.1) is 0 Å². The van der Waals surface area contributed by atoms with Gasteiger partial charge in [-0.3, -0.25) is 9.69 Å². The van der Waals surface area contributed by atoms with Crippen molar-refractivity contribution < 1.29 is 0 Å². The molecule has 1 aliphatic rings. The molecular formula is C17H18BrN5O. The predicted molar refractivity (Wildman–Crippen MR) is 98.0 cm³/mol. The van der Waals surface area contributed by atoms with Gasteiger partial charge in [0.2, 0.25) is 0 Å². The molecule has 3 aromatic rings. The van der Waals surface area contributed by atoms with Crippen LogP contribution in [0.5, 0.6) is 0 Å². The zero-order valence-corrected chi connectivity index (χ0v) is 14.9. The van der Waals surface area contributed by atoms with Crippen molar-refractivity contribution in [2.24, 2.45) is 0 Å². The third-order valence-corrected chi connectivity index (χ3v) is 4.94. The van der Waals surface area contributed by atoms with E-state index in [9.17, 15) is 4.79 Å². The highest BCUT2D eigenvalue weighted by Crippen LogP contribution is 2.28. The van der Waals surface area contributed by atoms with Crippen molar-refractivity contribution in [2.75, 3.05) is 18.8 Å². The van der Waals surface area contributed by atoms with Crippen LogP contribution in [0.2, 0.25) is 0 Å². The number of hydrogen-bond acceptors (Lipinski definition) is 4. The van der Waals surface area contributed by atoms with Gasteiger partial charge in [0.1, 0.15) is 11.6 Å². The third kappa shape index (κ3) is 2.85. The van der Waals surface area contributed by atoms with E-state index in [1.165, 1.54) is 22.7 Å². The molecule has 0 unspecified atom stereocenters. The fourth-order valence-electron chi connectivity index (χ4n) is 3.32. The summed E-state index contributed by atoms with van der Waals surface area (Å²) >= 11 is 3.54. The molecular weight excluding hydrogens is 370 g/mol. The van der Waals surface area contributed by atoms with Crippen LogP contribution in [0.25, 0.3) is 10.9 Å². The molecule has 6 nitrogen and oxygen atoms in total. The normalized spacial score (nSPS) is 15.8. The average Bonchev–Trinajstić information content (AvgIpc) is 2.84. The highest BCUT2D eigenvalue weighted by molar-refractivity contribution is 9.10. The minimum Gasteiger partial charge on any atom is -0.383 e. The first-order chi connectivity index (χ1) is 11.5. The molecule has 1 aliphatic heterocycles. The number of H-pyrrole nitrogens is 2. The first-order valence-electron chi connectivity index (χ1n) is 7.85. The average molecular weight is 388 g/mol. The maximum absolute atomic E-state index is 11.5. The number of fused-ring (bicyclic) bond motifs is 1. The first-order valence-corrected chi connectivity index (χ1v) is 8.64. The van der Waals surface area contributed by atoms with Crippen LogP contribution in [-0.2, 0) is 6.54 Å². The lowest BCUT2D eigenvalue weighted by Gasteiger charge is -2.38. The molecule has 0 amide bonds. The van der Waals surface area contributed by atoms with Crippen LogP contribution in [0, 0.1) is 6.92 Å². The number of aromatic amines is 2. The van der Waals surface area contributed by atoms with E-state index in [2.05, 4.69) is 60.9 Å². The molecule has 1 fully saturated rings. The van der Waals surface area contributed by atoms with Crippen molar-refractivity contribution in [1.82, 2.24) is 19.9 Å². The van der Waals surface area contributed by atoms with Crippen molar-refractivity contribution in [2.45, 2.75) is 19.4 Å². The molecule has 0 saturated carbocycles. The van der Waals surface area contributed by atoms with Crippen LogP contribution in [0.15, 0.2) is 33.5 Å². The van der Waals surface area contributed by atoms with Gasteiger partial charge in [-0.1, -0.05) is 15.9 Å². The minimum atomic E-state index is -0.187. The lowest BCUT2D eigenvalue weighted by Crippen LogP contribution is -2.45. The number of anilines is 1. The molecule has 2 aromatic heterocycles. The number of nitrogens with one attached hydrogen (secondary N) is 2. The Kier molecular flexibility index (Phi) is 3.69. The Morgan fingerprint density at radius 3 is 2.83 bits per heavy atom. The number of aromatic nitrogens is 3. The molecule has 0 radical (unpaired) electrons. The Bertz CT molecular complexity index is 971. The van der Waals surface area contributed by atoms with Crippen LogP contribution in [-0.4, -0.2) is 32.9 Å². The van der Waals surface area contributed by atoms with Gasteiger partial charge in [-0.2, -0.15) is 0 Å². The fraction of sp³-hybridized carbons (Fsp3) is 0.294. The quantitative estimate of drug-likeness (QED) is 0.643. The lowest BCUT2D eigenvalue weighted by molar-refractivity contribution is 0.133. The molecule has 3 heterocycles. The van der Waals surface area contributed by atoms with Gasteiger partial charge >= 0.3 is 0 Å². The molecule has 0 bridgehead atoms. The van der Waals surface area contributed by atoms with Crippen molar-refractivity contribution in [3.05, 3.63) is 56.2 Å². The molecule has 1 saturated heterocycles. The summed E-state index contributed by atoms with van der Waals surface area (Å²) in [5, 5.41) is 1.26. The number of aryl methyl sites for hydroxylation is 1. The Balaban J connectivity index is 1.46. The van der Waals surface area contributed by atoms with Crippen LogP contribution >= 0.6 is 15.9 Å². The third-order valence-electron chi connectivity index (χ3n) is 4.48. The van der Waals surface area contributed by atoms with Crippen LogP contribution in [0.1, 0.15) is 23.0 Å². The molecule has 0 aliphatic carbocycles. The molecule has 0 spiro atoms. The number of rotatable bonds is 3. The number of likely N-dealkylation sites (tertiary alicyclic amines) is 1. The molecule has 7 heteroatoms. The SMILES string of the molecule is Cc1cc(Br)cc2[nH]c(CN3CC(c4nc(N)cc(=O)[nH]4)C3)cc12. The summed E-state index contributed by atoms with van der Waals surface area (Å²) < 4.78 is 1.08. The number of halogens is 1. The maximum atomic E-state index is 11.5. The van der Waals surface area contributed by atoms with E-state index in [0.717, 1.165) is 29.6 Å². The molecule has 4 N–H and O–H groups in total. The Morgan fingerprint density at radius 2 is 2.08 bits per heavy atom. The topological polar surface area (TPSA) is 90.8 Å². The van der Waals surface area contributed by atoms with Crippen molar-refractivity contribution >= 4 is 32.7 Å². The first kappa shape index (κ1) is 15.4. The maximum Gasteiger partial charge on any atom is 0.252 e. The second-order valence-electron chi connectivity index (χ2n) is 6.43. The molecule has 4 rings (SSSR count). The summed E-state index contributed by atoms with van der Waals surface area (Å²) in [6, 6.07) is 7.75. The summed E-state index contributed by atoms with van der Waals surface area (Å²) in [5.41, 5.74) is 9.06. The van der Waals surface area contributed by atoms with E-state index in [4.69, 9.17) is 5.73 Å². The standard InChI is InChI=1S/C17H18BrN5O/c1-9-2-11(18)3-14-13(9)4-12(20-14)8-23-6-10(7-23)17-21-15(19)5-16(24)22-17/h2-5,10,20H,6-8H2,1H3,(H3,19,21,22,24). The van der Waals surface area contributed by atoms with Gasteiger partial charge in [0, 0.05) is 52.7 Å². The van der Waals surface area contributed by atoms with E-state index in [1.54, 1.807) is 0 Å². The molecule has 0 atom stereocenters. The number of nitrogens with zero attached hydrogens (tertiary/aromatic N) is 2. The molecule has 1 aromatic carbocycles. The Morgan fingerprint density at radius 1 is 1.29 bits per heavy atom. The van der Waals surface area contributed by atoms with Crippen molar-refractivity contribution in [1.29, 1.82) is 0 Å². The summed E-state index contributed by atoms with van der Waals surface area (Å²) in [6.45, 7) is 4.70. The Labute approximate surface area is 147 Å². The van der Waals surface area contributed by atoms with E-state index < -0.39 is 0 Å². The van der Waals surface area contributed by atoms with E-state index in [1.807, 2.05) is 0 Å². The predicted octanol–water partition coefficient (Wildman–Crippen LogP) is 2.50. The number of benzene rings is 1. The second kappa shape index (κ2) is 5.75. The zero-order valence-electron chi connectivity index (χ0n) is 13.3. The largest absolute Gasteiger partial charge is 0.383 e. The summed E-state index contributed by atoms with van der Waals surface area (Å²) in [5.74, 6) is 1.21. The summed E-state index contributed by atoms with van der Waals surface area (Å²) in [6.07, 6.45) is 0. The van der Waals surface area contributed by atoms with Gasteiger partial charge in [-0.15, -0.1) is 0 Å². The molecule has 124 valence electrons. The van der Waals surface area contributed by atoms with Crippen molar-refractivity contribution in [3.63, 3.8) is 0 Å². The van der Waals surface area contributed by atoms with Gasteiger partial charge < -0.3 is 15.7 Å². The smallest absolute Gasteiger partial charge is 0.252 e. The monoisotopic (exact) mass is 387 g/mol. The summed E-state index contributed by atoms with van der Waals surface area (Å²) in [7, 11) is 0. The molecule has 24 heavy (non-hydrogen) atoms. The summed E-state index contributed by atoms with van der Waals surface area (Å²) in [4.78, 5) is 24.3. The van der Waals surface area contributed by atoms with Gasteiger partial charge in [0.25, 0.3) is 5.56 Å². The van der Waals surface area contributed by atoms with E-state index >= 15 is 0 Å². The van der Waals surface area contributed by atoms with Crippen LogP contribution in [0.4, 0.5) is 5.82 Å². The number of hydrogen-bond donors (Lipinski definition) is 3. The van der Waals surface area contributed by atoms with Crippen molar-refractivity contribution in [3.8, 4) is 0 Å². The Hall–Kier alpha value is -2.12. The second-order valence-corrected chi connectivity index (χ2v) is 7.34. The minimum absolute atomic E-state index is 0.187. The van der Waals surface area contributed by atoms with E-state index in [0.29, 0.717) is 5.82 Å². The number of nitrogens with two attached hydrogens (primary N) is 1. The van der Waals surface area contributed by atoms with Crippen LogP contribution in [0.3, 0.4) is 0 Å². The fourth-order valence-corrected chi connectivity index (χ4v) is 3.89. The zero-order chi connectivity index (χ0) is 16.8. The van der Waals surface area contributed by atoms with Gasteiger partial charge in [-0.25, -0.2) is 4.98 Å². The lowest BCUT2D eigenvalue weighted by atomic mass is 9.99. The van der Waals surface area contributed by atoms with Crippen LogP contribution < -0.4 is 11.3 Å². The highest BCUT2D eigenvalue weighted by atomic mass is 79.9. The van der Waals surface area contributed by atoms with Gasteiger partial charge in [0.15, 0.2) is 0 Å². The highest BCUT2D eigenvalue weighted by Gasteiger charge is 2.30. The van der Waals surface area contributed by atoms with E-state index in [-0.39, 0.29) is 17.3 Å². The van der Waals surface area contributed by atoms with Gasteiger partial charge in [-0.05, 0) is 30.7 Å².